The number of carbonyl (C=O) groups is 3. The van der Waals surface area contributed by atoms with Gasteiger partial charge in [0.2, 0.25) is 0 Å². The Kier molecular flexibility index (Phi) is 4.26. The van der Waals surface area contributed by atoms with Crippen LogP contribution in [0.15, 0.2) is 23.5 Å². The van der Waals surface area contributed by atoms with Gasteiger partial charge in [0, 0.05) is 29.7 Å². The Bertz CT molecular complexity index is 826. The van der Waals surface area contributed by atoms with Crippen molar-refractivity contribution in [3.8, 4) is 0 Å². The molecule has 28 heavy (non-hydrogen) atoms. The number of hydrogen-bond acceptors (Lipinski definition) is 4. The Morgan fingerprint density at radius 3 is 2.50 bits per heavy atom. The van der Waals surface area contributed by atoms with E-state index in [4.69, 9.17) is 4.74 Å². The molecule has 4 aliphatic rings. The summed E-state index contributed by atoms with van der Waals surface area (Å²) in [6, 6.07) is 0. The Morgan fingerprint density at radius 2 is 1.86 bits per heavy atom. The second kappa shape index (κ2) is 6.11. The van der Waals surface area contributed by atoms with Crippen molar-refractivity contribution in [3.63, 3.8) is 0 Å². The fraction of sp³-hybridized carbons (Fsp3) is 0.696. The molecule has 0 bridgehead atoms. The van der Waals surface area contributed by atoms with Crippen molar-refractivity contribution in [2.45, 2.75) is 66.0 Å². The van der Waals surface area contributed by atoms with E-state index in [2.05, 4.69) is 20.4 Å². The Balaban J connectivity index is 1.84. The second-order valence-electron chi connectivity index (χ2n) is 9.77. The lowest BCUT2D eigenvalue weighted by molar-refractivity contribution is -0.143. The third-order valence-electron chi connectivity index (χ3n) is 8.47. The van der Waals surface area contributed by atoms with Gasteiger partial charge in [-0.3, -0.25) is 14.4 Å². The largest absolute Gasteiger partial charge is 0.423 e. The van der Waals surface area contributed by atoms with Crippen LogP contribution < -0.4 is 0 Å². The van der Waals surface area contributed by atoms with Gasteiger partial charge in [0.25, 0.3) is 0 Å². The first-order valence-corrected chi connectivity index (χ1v) is 10.4. The molecule has 0 N–H and O–H groups in total. The van der Waals surface area contributed by atoms with Gasteiger partial charge in [-0.05, 0) is 54.9 Å². The van der Waals surface area contributed by atoms with E-state index in [9.17, 15) is 18.8 Å². The molecular formula is C23H29FO4. The molecule has 0 unspecified atom stereocenters. The molecule has 0 heterocycles. The van der Waals surface area contributed by atoms with Crippen LogP contribution in [-0.4, -0.2) is 23.7 Å². The first-order valence-electron chi connectivity index (χ1n) is 10.4. The van der Waals surface area contributed by atoms with Gasteiger partial charge < -0.3 is 4.74 Å². The lowest BCUT2D eigenvalue weighted by atomic mass is 9.44. The van der Waals surface area contributed by atoms with Crippen LogP contribution in [0.3, 0.4) is 0 Å². The van der Waals surface area contributed by atoms with Gasteiger partial charge in [-0.1, -0.05) is 27.4 Å². The van der Waals surface area contributed by atoms with Gasteiger partial charge in [0.05, 0.1) is 0 Å². The summed E-state index contributed by atoms with van der Waals surface area (Å²) >= 11 is 0. The molecule has 0 amide bonds. The van der Waals surface area contributed by atoms with Gasteiger partial charge in [-0.15, -0.1) is 0 Å². The molecule has 4 nitrogen and oxygen atoms in total. The van der Waals surface area contributed by atoms with Crippen LogP contribution in [0.25, 0.3) is 0 Å². The molecule has 5 heteroatoms. The Hall–Kier alpha value is -1.78. The number of ketones is 2. The number of allylic oxidation sites excluding steroid dienone is 2. The van der Waals surface area contributed by atoms with Crippen LogP contribution in [0.2, 0.25) is 0 Å². The Labute approximate surface area is 165 Å². The summed E-state index contributed by atoms with van der Waals surface area (Å²) in [7, 11) is 0. The number of fused-ring (bicyclic) bond motifs is 5. The van der Waals surface area contributed by atoms with Gasteiger partial charge in [-0.2, -0.15) is 0 Å². The molecule has 0 spiro atoms. The number of Topliss-reactive ketones (excluding diaryl/α,β-unsaturated/α-hetero) is 2. The highest BCUT2D eigenvalue weighted by Gasteiger charge is 2.64. The van der Waals surface area contributed by atoms with Gasteiger partial charge >= 0.3 is 5.97 Å². The number of ether oxygens (including phenoxy) is 1. The molecule has 3 fully saturated rings. The highest BCUT2D eigenvalue weighted by molar-refractivity contribution is 5.98. The summed E-state index contributed by atoms with van der Waals surface area (Å²) < 4.78 is 19.8. The smallest absolute Gasteiger partial charge is 0.308 e. The second-order valence-corrected chi connectivity index (χ2v) is 9.77. The number of esters is 1. The van der Waals surface area contributed by atoms with Crippen LogP contribution >= 0.6 is 0 Å². The zero-order valence-electron chi connectivity index (χ0n) is 17.1. The van der Waals surface area contributed by atoms with Crippen molar-refractivity contribution in [1.82, 2.24) is 0 Å². The monoisotopic (exact) mass is 388 g/mol. The van der Waals surface area contributed by atoms with E-state index in [0.717, 1.165) is 17.6 Å². The molecule has 0 radical (unpaired) electrons. The summed E-state index contributed by atoms with van der Waals surface area (Å²) in [4.78, 5) is 36.8. The van der Waals surface area contributed by atoms with E-state index in [-0.39, 0.29) is 46.4 Å². The number of alkyl halides is 1. The highest BCUT2D eigenvalue weighted by atomic mass is 19.1. The standard InChI is InChI=1S/C23H29FO4/c1-11-12(2)19-20(28-13(3)25)17(26)7-9-22(19,4)14-6-8-23(5)15(18(11)14)10-16(24)21(23)27/h11,14-16,18H,2,6-10H2,1,3-5H3/t11-,14+,15+,16+,18-,22-,23+/m1/s1. The molecule has 4 aliphatic carbocycles. The van der Waals surface area contributed by atoms with E-state index in [1.54, 1.807) is 0 Å². The molecule has 3 saturated carbocycles. The number of rotatable bonds is 1. The van der Waals surface area contributed by atoms with Crippen LogP contribution in [0.4, 0.5) is 4.39 Å². The summed E-state index contributed by atoms with van der Waals surface area (Å²) in [5.41, 5.74) is 0.659. The molecule has 152 valence electrons. The van der Waals surface area contributed by atoms with E-state index in [1.165, 1.54) is 6.92 Å². The first-order chi connectivity index (χ1) is 13.0. The molecule has 0 aromatic carbocycles. The normalized spacial score (nSPS) is 45.5. The van der Waals surface area contributed by atoms with Crippen molar-refractivity contribution in [3.05, 3.63) is 23.5 Å². The maximum atomic E-state index is 14.4. The minimum absolute atomic E-state index is 0.00585. The number of halogens is 1. The minimum Gasteiger partial charge on any atom is -0.423 e. The van der Waals surface area contributed by atoms with E-state index in [0.29, 0.717) is 25.7 Å². The molecule has 0 aromatic heterocycles. The molecule has 0 aliphatic heterocycles. The molecule has 0 saturated heterocycles. The topological polar surface area (TPSA) is 60.4 Å². The van der Waals surface area contributed by atoms with Crippen LogP contribution in [0.1, 0.15) is 59.8 Å². The summed E-state index contributed by atoms with van der Waals surface area (Å²) in [6.07, 6.45) is 1.42. The van der Waals surface area contributed by atoms with Gasteiger partial charge in [0.1, 0.15) is 0 Å². The van der Waals surface area contributed by atoms with Crippen molar-refractivity contribution in [2.75, 3.05) is 0 Å². The van der Waals surface area contributed by atoms with E-state index < -0.39 is 17.6 Å². The summed E-state index contributed by atoms with van der Waals surface area (Å²) in [6.45, 7) is 11.8. The van der Waals surface area contributed by atoms with Crippen LogP contribution in [0.5, 0.6) is 0 Å². The predicted octanol–water partition coefficient (Wildman–Crippen LogP) is 4.34. The Morgan fingerprint density at radius 1 is 1.18 bits per heavy atom. The summed E-state index contributed by atoms with van der Waals surface area (Å²) in [5, 5.41) is 0. The number of carbonyl (C=O) groups excluding carboxylic acids is 3. The quantitative estimate of drug-likeness (QED) is 0.627. The van der Waals surface area contributed by atoms with Crippen LogP contribution in [0, 0.1) is 34.5 Å². The zero-order valence-corrected chi connectivity index (χ0v) is 17.1. The van der Waals surface area contributed by atoms with E-state index in [1.807, 2.05) is 6.92 Å². The number of hydrogen-bond donors (Lipinski definition) is 0. The molecule has 4 rings (SSSR count). The minimum atomic E-state index is -1.37. The average Bonchev–Trinajstić information content (AvgIpc) is 2.85. The van der Waals surface area contributed by atoms with Gasteiger partial charge in [0.15, 0.2) is 23.5 Å². The average molecular weight is 388 g/mol. The fourth-order valence-electron chi connectivity index (χ4n) is 7.00. The third-order valence-corrected chi connectivity index (χ3v) is 8.47. The predicted molar refractivity (Wildman–Crippen MR) is 102 cm³/mol. The summed E-state index contributed by atoms with van der Waals surface area (Å²) in [5.74, 6) is -0.346. The van der Waals surface area contributed by atoms with Crippen molar-refractivity contribution < 1.29 is 23.5 Å². The highest BCUT2D eigenvalue weighted by Crippen LogP contribution is 2.67. The third kappa shape index (κ3) is 2.37. The first kappa shape index (κ1) is 19.5. The lowest BCUT2D eigenvalue weighted by Gasteiger charge is -2.59. The molecule has 7 atom stereocenters. The molecule has 0 aromatic rings. The van der Waals surface area contributed by atoms with Crippen LogP contribution in [-0.2, 0) is 19.1 Å². The zero-order chi connectivity index (χ0) is 20.6. The van der Waals surface area contributed by atoms with E-state index >= 15 is 0 Å². The maximum absolute atomic E-state index is 14.4. The van der Waals surface area contributed by atoms with Gasteiger partial charge in [-0.25, -0.2) is 4.39 Å². The SMILES string of the molecule is C=C1C2=C(OC(C)=O)C(=O)CC[C@]2(C)[C@H]2CC[C@]3(C)C(=O)[C@@H](F)C[C@H]3[C@@H]2[C@@H]1C. The maximum Gasteiger partial charge on any atom is 0.308 e. The lowest BCUT2D eigenvalue weighted by Crippen LogP contribution is -2.54. The van der Waals surface area contributed by atoms with Crippen molar-refractivity contribution >= 4 is 17.5 Å². The molecular weight excluding hydrogens is 359 g/mol. The van der Waals surface area contributed by atoms with Crippen molar-refractivity contribution in [1.29, 1.82) is 0 Å². The fourth-order valence-corrected chi connectivity index (χ4v) is 7.00. The van der Waals surface area contributed by atoms with Crippen molar-refractivity contribution in [2.24, 2.45) is 34.5 Å².